The second-order valence-electron chi connectivity index (χ2n) is 8.37. The van der Waals surface area contributed by atoms with Crippen molar-refractivity contribution in [2.45, 2.75) is 37.9 Å². The van der Waals surface area contributed by atoms with E-state index >= 15 is 0 Å². The van der Waals surface area contributed by atoms with Gasteiger partial charge in [0, 0.05) is 43.8 Å². The molecule has 1 aliphatic heterocycles. The minimum absolute atomic E-state index is 0.0216. The topological polar surface area (TPSA) is 99.8 Å². The van der Waals surface area contributed by atoms with Gasteiger partial charge in [-0.15, -0.1) is 0 Å². The van der Waals surface area contributed by atoms with Crippen LogP contribution >= 0.6 is 11.6 Å². The normalized spacial score (nSPS) is 16.7. The number of pyridine rings is 2. The smallest absolute Gasteiger partial charge is 0.417 e. The Balaban J connectivity index is 1.83. The largest absolute Gasteiger partial charge is 0.476 e. The average molecular weight is 532 g/mol. The standard InChI is InChI=1S/C22H19ClF5N5O3/c1-11(29-14-2-3-15(23)30-18(14)20(35)36)13-8-12(22(26,27)28)10-33-17(34)9-16(31-19(13)33)32-6-4-21(24,25)5-7-32/h2-3,8-11,29H,4-7H2,1H3,(H,35,36)/t11-/m1/s1. The maximum atomic E-state index is 13.6. The Hall–Kier alpha value is -3.48. The molecule has 4 heterocycles. The van der Waals surface area contributed by atoms with E-state index in [1.54, 1.807) is 0 Å². The number of carboxylic acids is 1. The Morgan fingerprint density at radius 2 is 1.86 bits per heavy atom. The second kappa shape index (κ2) is 9.19. The van der Waals surface area contributed by atoms with Crippen molar-refractivity contribution in [3.8, 4) is 0 Å². The Morgan fingerprint density at radius 3 is 2.47 bits per heavy atom. The number of carbonyl (C=O) groups is 1. The predicted octanol–water partition coefficient (Wildman–Crippen LogP) is 4.87. The van der Waals surface area contributed by atoms with Crippen LogP contribution in [-0.4, -0.2) is 44.5 Å². The molecule has 2 N–H and O–H groups in total. The van der Waals surface area contributed by atoms with Crippen LogP contribution in [0.5, 0.6) is 0 Å². The molecule has 1 saturated heterocycles. The molecule has 0 bridgehead atoms. The SMILES string of the molecule is C[C@@H](Nc1ccc(Cl)nc1C(=O)O)c1cc(C(F)(F)F)cn2c(=O)cc(N3CCC(F)(F)CC3)nc12. The molecule has 192 valence electrons. The van der Waals surface area contributed by atoms with Crippen LogP contribution in [0.3, 0.4) is 0 Å². The van der Waals surface area contributed by atoms with Gasteiger partial charge in [-0.2, -0.15) is 13.2 Å². The number of aromatic nitrogens is 3. The lowest BCUT2D eigenvalue weighted by Gasteiger charge is -2.32. The van der Waals surface area contributed by atoms with Gasteiger partial charge in [-0.1, -0.05) is 11.6 Å². The summed E-state index contributed by atoms with van der Waals surface area (Å²) in [4.78, 5) is 33.9. The minimum atomic E-state index is -4.80. The van der Waals surface area contributed by atoms with Crippen molar-refractivity contribution in [3.05, 3.63) is 62.8 Å². The zero-order valence-electron chi connectivity index (χ0n) is 18.6. The number of aromatic carboxylic acids is 1. The molecule has 8 nitrogen and oxygen atoms in total. The number of nitrogens with zero attached hydrogens (tertiary/aromatic N) is 4. The van der Waals surface area contributed by atoms with Crippen molar-refractivity contribution in [1.82, 2.24) is 14.4 Å². The molecule has 36 heavy (non-hydrogen) atoms. The first-order chi connectivity index (χ1) is 16.7. The number of carboxylic acid groups (broad SMARTS) is 1. The third-order valence-electron chi connectivity index (χ3n) is 5.82. The van der Waals surface area contributed by atoms with Gasteiger partial charge in [0.15, 0.2) is 5.69 Å². The van der Waals surface area contributed by atoms with E-state index in [0.717, 1.165) is 16.5 Å². The van der Waals surface area contributed by atoms with Crippen LogP contribution in [0.15, 0.2) is 35.3 Å². The molecule has 0 saturated carbocycles. The Labute approximate surface area is 205 Å². The van der Waals surface area contributed by atoms with Crippen LogP contribution < -0.4 is 15.8 Å². The van der Waals surface area contributed by atoms with E-state index in [2.05, 4.69) is 15.3 Å². The molecule has 0 spiro atoms. The first-order valence-electron chi connectivity index (χ1n) is 10.7. The van der Waals surface area contributed by atoms with Crippen LogP contribution in [0.4, 0.5) is 33.5 Å². The molecule has 0 radical (unpaired) electrons. The van der Waals surface area contributed by atoms with Crippen LogP contribution in [0.25, 0.3) is 5.65 Å². The van der Waals surface area contributed by atoms with Crippen molar-refractivity contribution < 1.29 is 31.9 Å². The van der Waals surface area contributed by atoms with Crippen LogP contribution in [-0.2, 0) is 6.18 Å². The van der Waals surface area contributed by atoms with Crippen molar-refractivity contribution >= 4 is 34.7 Å². The monoisotopic (exact) mass is 531 g/mol. The molecule has 1 atom stereocenters. The molecule has 14 heteroatoms. The lowest BCUT2D eigenvalue weighted by Crippen LogP contribution is -2.40. The summed E-state index contributed by atoms with van der Waals surface area (Å²) in [5.41, 5.74) is -2.64. The highest BCUT2D eigenvalue weighted by molar-refractivity contribution is 6.29. The molecule has 0 unspecified atom stereocenters. The van der Waals surface area contributed by atoms with Crippen molar-refractivity contribution in [1.29, 1.82) is 0 Å². The summed E-state index contributed by atoms with van der Waals surface area (Å²) in [6.45, 7) is 1.28. The Kier molecular flexibility index (Phi) is 6.54. The maximum absolute atomic E-state index is 13.6. The number of anilines is 2. The zero-order chi connectivity index (χ0) is 26.4. The molecule has 4 rings (SSSR count). The quantitative estimate of drug-likeness (QED) is 0.358. The van der Waals surface area contributed by atoms with Gasteiger partial charge in [-0.25, -0.2) is 23.5 Å². The summed E-state index contributed by atoms with van der Waals surface area (Å²) in [5, 5.41) is 12.1. The van der Waals surface area contributed by atoms with E-state index in [0.29, 0.717) is 6.20 Å². The summed E-state index contributed by atoms with van der Waals surface area (Å²) in [6, 6.07) is 3.43. The molecule has 3 aromatic rings. The highest BCUT2D eigenvalue weighted by Gasteiger charge is 2.36. The van der Waals surface area contributed by atoms with Gasteiger partial charge in [0.05, 0.1) is 17.3 Å². The van der Waals surface area contributed by atoms with E-state index in [9.17, 15) is 36.6 Å². The van der Waals surface area contributed by atoms with E-state index in [1.807, 2.05) is 0 Å². The van der Waals surface area contributed by atoms with Gasteiger partial charge < -0.3 is 15.3 Å². The van der Waals surface area contributed by atoms with E-state index < -0.39 is 53.8 Å². The molecule has 0 aliphatic carbocycles. The fourth-order valence-corrected chi connectivity index (χ4v) is 4.09. The minimum Gasteiger partial charge on any atom is -0.476 e. The molecule has 1 aliphatic rings. The number of alkyl halides is 5. The lowest BCUT2D eigenvalue weighted by atomic mass is 10.1. The summed E-state index contributed by atoms with van der Waals surface area (Å²) in [7, 11) is 0. The number of halogens is 6. The molecular weight excluding hydrogens is 513 g/mol. The van der Waals surface area contributed by atoms with Gasteiger partial charge in [-0.3, -0.25) is 9.20 Å². The van der Waals surface area contributed by atoms with Gasteiger partial charge in [0.25, 0.3) is 11.5 Å². The van der Waals surface area contributed by atoms with Crippen LogP contribution in [0.1, 0.15) is 47.4 Å². The number of nitrogens with one attached hydrogen (secondary N) is 1. The predicted molar refractivity (Wildman–Crippen MR) is 121 cm³/mol. The number of fused-ring (bicyclic) bond motifs is 1. The molecule has 0 aromatic carbocycles. The third kappa shape index (κ3) is 5.20. The summed E-state index contributed by atoms with van der Waals surface area (Å²) in [6.07, 6.45) is -5.09. The lowest BCUT2D eigenvalue weighted by molar-refractivity contribution is -0.137. The Bertz CT molecular complexity index is 1380. The second-order valence-corrected chi connectivity index (χ2v) is 8.76. The zero-order valence-corrected chi connectivity index (χ0v) is 19.4. The van der Waals surface area contributed by atoms with Crippen LogP contribution in [0.2, 0.25) is 5.15 Å². The van der Waals surface area contributed by atoms with Gasteiger partial charge in [0.1, 0.15) is 16.6 Å². The molecule has 0 amide bonds. The highest BCUT2D eigenvalue weighted by atomic mass is 35.5. The fourth-order valence-electron chi connectivity index (χ4n) is 3.94. The fraction of sp³-hybridized carbons (Fsp3) is 0.364. The van der Waals surface area contributed by atoms with Crippen molar-refractivity contribution in [2.24, 2.45) is 0 Å². The van der Waals surface area contributed by atoms with E-state index in [4.69, 9.17) is 11.6 Å². The first-order valence-corrected chi connectivity index (χ1v) is 11.1. The van der Waals surface area contributed by atoms with Gasteiger partial charge in [-0.05, 0) is 25.1 Å². The molecule has 1 fully saturated rings. The maximum Gasteiger partial charge on any atom is 0.417 e. The average Bonchev–Trinajstić information content (AvgIpc) is 2.78. The number of hydrogen-bond acceptors (Lipinski definition) is 6. The summed E-state index contributed by atoms with van der Waals surface area (Å²) >= 11 is 5.76. The highest BCUT2D eigenvalue weighted by Crippen LogP contribution is 2.34. The van der Waals surface area contributed by atoms with Gasteiger partial charge in [0.2, 0.25) is 0 Å². The first kappa shape index (κ1) is 25.6. The van der Waals surface area contributed by atoms with E-state index in [1.165, 1.54) is 24.0 Å². The Morgan fingerprint density at radius 1 is 1.19 bits per heavy atom. The van der Waals surface area contributed by atoms with Crippen molar-refractivity contribution in [3.63, 3.8) is 0 Å². The third-order valence-corrected chi connectivity index (χ3v) is 6.04. The van der Waals surface area contributed by atoms with Crippen LogP contribution in [0, 0.1) is 0 Å². The van der Waals surface area contributed by atoms with Crippen molar-refractivity contribution in [2.75, 3.05) is 23.3 Å². The summed E-state index contributed by atoms with van der Waals surface area (Å²) in [5.74, 6) is -4.20. The number of rotatable bonds is 5. The summed E-state index contributed by atoms with van der Waals surface area (Å²) < 4.78 is 68.8. The molecular formula is C22H19ClF5N5O3. The number of hydrogen-bond donors (Lipinski definition) is 2. The molecule has 3 aromatic heterocycles. The van der Waals surface area contributed by atoms with E-state index in [-0.39, 0.29) is 41.0 Å². The van der Waals surface area contributed by atoms with Gasteiger partial charge >= 0.3 is 12.1 Å². The number of piperidine rings is 1.